The number of carbonyl (C=O) groups excluding carboxylic acids is 2. The normalized spacial score (nSPS) is 14.6. The molecule has 4 rings (SSSR count). The van der Waals surface area contributed by atoms with Crippen LogP contribution in [0.3, 0.4) is 0 Å². The first kappa shape index (κ1) is 24.6. The van der Waals surface area contributed by atoms with Crippen molar-refractivity contribution in [2.24, 2.45) is 0 Å². The summed E-state index contributed by atoms with van der Waals surface area (Å²) in [5.74, 6) is -2.36. The van der Waals surface area contributed by atoms with Crippen molar-refractivity contribution in [3.63, 3.8) is 0 Å². The molecule has 0 radical (unpaired) electrons. The number of nitrogens with zero attached hydrogens (tertiary/aromatic N) is 1. The zero-order valence-electron chi connectivity index (χ0n) is 18.9. The molecule has 0 unspecified atom stereocenters. The smallest absolute Gasteiger partial charge is 0.335 e. The molecule has 2 amide bonds. The van der Waals surface area contributed by atoms with Crippen molar-refractivity contribution in [1.29, 1.82) is 0 Å². The maximum absolute atomic E-state index is 13.4. The number of carboxylic acid groups (broad SMARTS) is 1. The molecule has 1 aliphatic rings. The van der Waals surface area contributed by atoms with Crippen LogP contribution in [0.5, 0.6) is 11.5 Å². The van der Waals surface area contributed by atoms with Crippen LogP contribution in [0.4, 0.5) is 10.1 Å². The van der Waals surface area contributed by atoms with Gasteiger partial charge in [0, 0.05) is 5.56 Å². The molecule has 36 heavy (non-hydrogen) atoms. The van der Waals surface area contributed by atoms with Gasteiger partial charge in [-0.05, 0) is 66.3 Å². The van der Waals surface area contributed by atoms with Gasteiger partial charge in [0.2, 0.25) is 0 Å². The van der Waals surface area contributed by atoms with Crippen LogP contribution in [0.15, 0.2) is 72.3 Å². The minimum absolute atomic E-state index is 0.00357. The molecule has 3 aromatic carbocycles. The Bertz CT molecular complexity index is 1400. The van der Waals surface area contributed by atoms with Crippen LogP contribution >= 0.6 is 12.2 Å². The number of para-hydroxylation sites is 1. The standard InChI is InChI=1S/C26H19FN2O6S/c1-34-21-7-3-5-16(22(21)35-14-15-4-2-6-17(12-15)25(32)33)13-20-23(30)28-26(36)29(24(20)31)19-10-8-18(27)9-11-19/h2-13H,14H2,1H3,(H,32,33)(H,28,30,36)/b20-13-. The van der Waals surface area contributed by atoms with E-state index in [1.807, 2.05) is 0 Å². The van der Waals surface area contributed by atoms with Crippen molar-refractivity contribution in [1.82, 2.24) is 5.32 Å². The van der Waals surface area contributed by atoms with E-state index in [9.17, 15) is 23.9 Å². The third-order valence-electron chi connectivity index (χ3n) is 5.27. The highest BCUT2D eigenvalue weighted by Crippen LogP contribution is 2.34. The Kier molecular flexibility index (Phi) is 7.07. The average molecular weight is 507 g/mol. The van der Waals surface area contributed by atoms with Crippen molar-refractivity contribution < 1.29 is 33.4 Å². The minimum atomic E-state index is -1.06. The molecule has 0 aliphatic carbocycles. The Morgan fingerprint density at radius 1 is 1.11 bits per heavy atom. The first-order valence-corrected chi connectivity index (χ1v) is 11.0. The number of aromatic carboxylic acids is 1. The van der Waals surface area contributed by atoms with E-state index in [4.69, 9.17) is 21.7 Å². The number of ether oxygens (including phenoxy) is 2. The molecule has 2 N–H and O–H groups in total. The highest BCUT2D eigenvalue weighted by Gasteiger charge is 2.34. The van der Waals surface area contributed by atoms with Gasteiger partial charge >= 0.3 is 5.97 Å². The van der Waals surface area contributed by atoms with E-state index in [0.717, 1.165) is 4.90 Å². The first-order valence-electron chi connectivity index (χ1n) is 10.6. The number of hydrogen-bond donors (Lipinski definition) is 2. The molecule has 0 aromatic heterocycles. The second-order valence-corrected chi connectivity index (χ2v) is 7.99. The van der Waals surface area contributed by atoms with Crippen LogP contribution in [-0.4, -0.2) is 35.1 Å². The fourth-order valence-corrected chi connectivity index (χ4v) is 3.83. The molecule has 0 saturated carbocycles. The lowest BCUT2D eigenvalue weighted by Crippen LogP contribution is -2.54. The molecular formula is C26H19FN2O6S. The Morgan fingerprint density at radius 2 is 1.83 bits per heavy atom. The lowest BCUT2D eigenvalue weighted by Gasteiger charge is -2.29. The molecule has 182 valence electrons. The summed E-state index contributed by atoms with van der Waals surface area (Å²) in [6.07, 6.45) is 1.35. The lowest BCUT2D eigenvalue weighted by molar-refractivity contribution is -0.122. The zero-order valence-corrected chi connectivity index (χ0v) is 19.7. The van der Waals surface area contributed by atoms with E-state index in [2.05, 4.69) is 5.32 Å². The van der Waals surface area contributed by atoms with Crippen LogP contribution in [0.1, 0.15) is 21.5 Å². The summed E-state index contributed by atoms with van der Waals surface area (Å²) < 4.78 is 24.7. The largest absolute Gasteiger partial charge is 0.493 e. The van der Waals surface area contributed by atoms with Gasteiger partial charge in [0.05, 0.1) is 18.4 Å². The second-order valence-electron chi connectivity index (χ2n) is 7.61. The van der Waals surface area contributed by atoms with Gasteiger partial charge in [0.25, 0.3) is 11.8 Å². The lowest BCUT2D eigenvalue weighted by atomic mass is 10.1. The van der Waals surface area contributed by atoms with Crippen molar-refractivity contribution in [3.8, 4) is 11.5 Å². The molecule has 0 atom stereocenters. The van der Waals surface area contributed by atoms with Crippen molar-refractivity contribution in [2.75, 3.05) is 12.0 Å². The highest BCUT2D eigenvalue weighted by molar-refractivity contribution is 7.80. The SMILES string of the molecule is COc1cccc(/C=C2/C(=O)NC(=S)N(c3ccc(F)cc3)C2=O)c1OCc1cccc(C(=O)O)c1. The molecule has 0 spiro atoms. The average Bonchev–Trinajstić information content (AvgIpc) is 2.86. The van der Waals surface area contributed by atoms with Gasteiger partial charge < -0.3 is 14.6 Å². The molecule has 1 fully saturated rings. The Labute approximate surface area is 210 Å². The number of rotatable bonds is 7. The molecule has 1 heterocycles. The molecule has 8 nitrogen and oxygen atoms in total. The van der Waals surface area contributed by atoms with Crippen LogP contribution < -0.4 is 19.7 Å². The number of carboxylic acids is 1. The maximum Gasteiger partial charge on any atom is 0.335 e. The topological polar surface area (TPSA) is 105 Å². The van der Waals surface area contributed by atoms with Gasteiger partial charge in [-0.3, -0.25) is 19.8 Å². The number of nitrogens with one attached hydrogen (secondary N) is 1. The van der Waals surface area contributed by atoms with E-state index in [-0.39, 0.29) is 34.3 Å². The Morgan fingerprint density at radius 3 is 2.53 bits per heavy atom. The molecule has 1 saturated heterocycles. The van der Waals surface area contributed by atoms with Gasteiger partial charge in [0.1, 0.15) is 18.0 Å². The number of anilines is 1. The van der Waals surface area contributed by atoms with E-state index < -0.39 is 23.6 Å². The number of hydrogen-bond acceptors (Lipinski definition) is 6. The van der Waals surface area contributed by atoms with E-state index in [1.165, 1.54) is 49.6 Å². The zero-order chi connectivity index (χ0) is 25.8. The minimum Gasteiger partial charge on any atom is -0.493 e. The number of halogens is 1. The third kappa shape index (κ3) is 5.08. The van der Waals surface area contributed by atoms with Crippen LogP contribution in [-0.2, 0) is 16.2 Å². The molecule has 3 aromatic rings. The summed E-state index contributed by atoms with van der Waals surface area (Å²) in [5, 5.41) is 11.6. The molecule has 0 bridgehead atoms. The predicted octanol–water partition coefficient (Wildman–Crippen LogP) is 3.94. The number of carbonyl (C=O) groups is 3. The molecule has 1 aliphatic heterocycles. The van der Waals surface area contributed by atoms with E-state index in [1.54, 1.807) is 30.3 Å². The number of methoxy groups -OCH3 is 1. The number of benzene rings is 3. The van der Waals surface area contributed by atoms with Crippen LogP contribution in [0.25, 0.3) is 6.08 Å². The predicted molar refractivity (Wildman–Crippen MR) is 133 cm³/mol. The summed E-state index contributed by atoms with van der Waals surface area (Å²) in [5.41, 5.74) is 1.14. The van der Waals surface area contributed by atoms with Crippen molar-refractivity contribution >= 4 is 46.9 Å². The van der Waals surface area contributed by atoms with Gasteiger partial charge in [-0.25, -0.2) is 9.18 Å². The quantitative estimate of drug-likeness (QED) is 0.284. The van der Waals surface area contributed by atoms with Crippen LogP contribution in [0.2, 0.25) is 0 Å². The number of thiocarbonyl (C=S) groups is 1. The van der Waals surface area contributed by atoms with Gasteiger partial charge in [-0.1, -0.05) is 24.3 Å². The molecular weight excluding hydrogens is 487 g/mol. The highest BCUT2D eigenvalue weighted by atomic mass is 32.1. The van der Waals surface area contributed by atoms with Crippen molar-refractivity contribution in [3.05, 3.63) is 94.8 Å². The summed E-state index contributed by atoms with van der Waals surface area (Å²) >= 11 is 5.17. The fourth-order valence-electron chi connectivity index (χ4n) is 3.55. The Balaban J connectivity index is 1.69. The summed E-state index contributed by atoms with van der Waals surface area (Å²) in [6, 6.07) is 16.3. The monoisotopic (exact) mass is 506 g/mol. The maximum atomic E-state index is 13.4. The van der Waals surface area contributed by atoms with Crippen molar-refractivity contribution in [2.45, 2.75) is 6.61 Å². The van der Waals surface area contributed by atoms with Gasteiger partial charge in [0.15, 0.2) is 16.6 Å². The Hall–Kier alpha value is -4.57. The summed E-state index contributed by atoms with van der Waals surface area (Å²) in [4.78, 5) is 38.3. The first-order chi connectivity index (χ1) is 17.3. The summed E-state index contributed by atoms with van der Waals surface area (Å²) in [7, 11) is 1.44. The second kappa shape index (κ2) is 10.4. The van der Waals surface area contributed by atoms with Crippen LogP contribution in [0, 0.1) is 5.82 Å². The fraction of sp³-hybridized carbons (Fsp3) is 0.0769. The number of amides is 2. The van der Waals surface area contributed by atoms with Gasteiger partial charge in [-0.15, -0.1) is 0 Å². The molecule has 10 heteroatoms. The summed E-state index contributed by atoms with van der Waals surface area (Å²) in [6.45, 7) is 0.00357. The van der Waals surface area contributed by atoms with E-state index in [0.29, 0.717) is 16.9 Å². The van der Waals surface area contributed by atoms with Gasteiger partial charge in [-0.2, -0.15) is 0 Å². The third-order valence-corrected chi connectivity index (χ3v) is 5.56. The van der Waals surface area contributed by atoms with E-state index >= 15 is 0 Å².